The van der Waals surface area contributed by atoms with Gasteiger partial charge in [0.2, 0.25) is 11.8 Å². The quantitative estimate of drug-likeness (QED) is 0.271. The van der Waals surface area contributed by atoms with Crippen LogP contribution in [-0.2, 0) is 22.7 Å². The Morgan fingerprint density at radius 2 is 2.00 bits per heavy atom. The van der Waals surface area contributed by atoms with Crippen molar-refractivity contribution < 1.29 is 23.4 Å². The average Bonchev–Trinajstić information content (AvgIpc) is 3.54. The van der Waals surface area contributed by atoms with Crippen LogP contribution >= 0.6 is 0 Å². The maximum absolute atomic E-state index is 15.0. The summed E-state index contributed by atoms with van der Waals surface area (Å²) in [6.07, 6.45) is 2.52. The summed E-state index contributed by atoms with van der Waals surface area (Å²) in [5, 5.41) is 8.08. The van der Waals surface area contributed by atoms with Gasteiger partial charge in [0, 0.05) is 33.6 Å². The van der Waals surface area contributed by atoms with Gasteiger partial charge < -0.3 is 29.0 Å². The number of hydrogen-bond acceptors (Lipinski definition) is 8. The van der Waals surface area contributed by atoms with E-state index < -0.39 is 32.0 Å². The molecular formula is C26H40FN7O4Si. The Hall–Kier alpha value is -3.19. The zero-order valence-corrected chi connectivity index (χ0v) is 24.9. The summed E-state index contributed by atoms with van der Waals surface area (Å²) in [6.45, 7) is 15.9. The summed E-state index contributed by atoms with van der Waals surface area (Å²) in [5.41, 5.74) is 0.634. The van der Waals surface area contributed by atoms with Gasteiger partial charge in [-0.2, -0.15) is 15.1 Å². The predicted octanol–water partition coefficient (Wildman–Crippen LogP) is 5.04. The number of likely N-dealkylation sites (tertiary alicyclic amines) is 1. The van der Waals surface area contributed by atoms with Gasteiger partial charge in [-0.15, -0.1) is 0 Å². The van der Waals surface area contributed by atoms with Crippen LogP contribution < -0.4 is 10.1 Å². The van der Waals surface area contributed by atoms with Crippen molar-refractivity contribution in [1.29, 1.82) is 0 Å². The number of aryl methyl sites for hydroxylation is 1. The minimum absolute atomic E-state index is 0.0497. The van der Waals surface area contributed by atoms with Crippen molar-refractivity contribution in [1.82, 2.24) is 29.2 Å². The highest BCUT2D eigenvalue weighted by Gasteiger charge is 2.39. The van der Waals surface area contributed by atoms with Gasteiger partial charge in [-0.25, -0.2) is 9.18 Å². The van der Waals surface area contributed by atoms with Crippen molar-refractivity contribution in [2.75, 3.05) is 25.0 Å². The number of carbonyl (C=O) groups is 1. The van der Waals surface area contributed by atoms with Crippen molar-refractivity contribution in [3.63, 3.8) is 0 Å². The molecule has 4 heterocycles. The highest BCUT2D eigenvalue weighted by Crippen LogP contribution is 2.30. The van der Waals surface area contributed by atoms with Gasteiger partial charge in [-0.3, -0.25) is 4.68 Å². The van der Waals surface area contributed by atoms with Crippen molar-refractivity contribution in [2.24, 2.45) is 0 Å². The Bertz CT molecular complexity index is 1280. The predicted molar refractivity (Wildman–Crippen MR) is 150 cm³/mol. The summed E-state index contributed by atoms with van der Waals surface area (Å²) in [5.74, 6) is 0.512. The normalized spacial score (nSPS) is 18.1. The number of alkyl halides is 1. The minimum atomic E-state index is -1.39. The molecular weight excluding hydrogens is 521 g/mol. The van der Waals surface area contributed by atoms with E-state index in [0.717, 1.165) is 12.6 Å². The van der Waals surface area contributed by atoms with E-state index >= 15 is 4.39 Å². The van der Waals surface area contributed by atoms with E-state index in [1.807, 2.05) is 30.0 Å². The van der Waals surface area contributed by atoms with E-state index in [-0.39, 0.29) is 24.9 Å². The molecule has 0 unspecified atom stereocenters. The summed E-state index contributed by atoms with van der Waals surface area (Å²) < 4.78 is 36.2. The fourth-order valence-corrected chi connectivity index (χ4v) is 4.78. The molecule has 3 aromatic rings. The lowest BCUT2D eigenvalue weighted by Gasteiger charge is -2.24. The van der Waals surface area contributed by atoms with E-state index in [1.165, 1.54) is 4.90 Å². The van der Waals surface area contributed by atoms with E-state index in [2.05, 4.69) is 35.0 Å². The van der Waals surface area contributed by atoms with E-state index in [4.69, 9.17) is 19.2 Å². The monoisotopic (exact) mass is 561 g/mol. The van der Waals surface area contributed by atoms with Crippen LogP contribution in [-0.4, -0.2) is 81.0 Å². The fraction of sp³-hybridized carbons (Fsp3) is 0.615. The Balaban J connectivity index is 1.57. The number of nitrogens with one attached hydrogen (secondary N) is 1. The van der Waals surface area contributed by atoms with Crippen molar-refractivity contribution in [3.05, 3.63) is 24.7 Å². The van der Waals surface area contributed by atoms with Crippen LogP contribution in [0.3, 0.4) is 0 Å². The molecule has 0 bridgehead atoms. The summed E-state index contributed by atoms with van der Waals surface area (Å²) >= 11 is 0. The number of aromatic nitrogens is 5. The third kappa shape index (κ3) is 7.69. The summed E-state index contributed by atoms with van der Waals surface area (Å²) in [4.78, 5) is 23.1. The summed E-state index contributed by atoms with van der Waals surface area (Å²) in [6, 6.07) is 2.89. The molecule has 0 radical (unpaired) electrons. The Morgan fingerprint density at radius 1 is 1.23 bits per heavy atom. The SMILES string of the molecule is CCn1cc(Nc2nc(O[C@H]3CN(C(=O)OC(C)(C)C)C[C@H]3F)c3ccn(COCC[Si](C)(C)C)c3n2)cn1. The Kier molecular flexibility index (Phi) is 8.50. The highest BCUT2D eigenvalue weighted by molar-refractivity contribution is 6.76. The lowest BCUT2D eigenvalue weighted by atomic mass is 10.2. The van der Waals surface area contributed by atoms with Crippen LogP contribution in [0.5, 0.6) is 5.88 Å². The number of nitrogens with zero attached hydrogens (tertiary/aromatic N) is 6. The van der Waals surface area contributed by atoms with Crippen LogP contribution in [0, 0.1) is 0 Å². The first-order valence-corrected chi connectivity index (χ1v) is 17.0. The molecule has 0 saturated carbocycles. The Morgan fingerprint density at radius 3 is 2.67 bits per heavy atom. The number of fused-ring (bicyclic) bond motifs is 1. The molecule has 2 atom stereocenters. The first-order chi connectivity index (χ1) is 18.3. The van der Waals surface area contributed by atoms with Crippen LogP contribution in [0.15, 0.2) is 24.7 Å². The number of ether oxygens (including phenoxy) is 3. The second-order valence-electron chi connectivity index (χ2n) is 12.0. The van der Waals surface area contributed by atoms with Crippen molar-refractivity contribution in [3.8, 4) is 5.88 Å². The lowest BCUT2D eigenvalue weighted by Crippen LogP contribution is -2.36. The van der Waals surface area contributed by atoms with Gasteiger partial charge in [0.25, 0.3) is 0 Å². The second kappa shape index (κ2) is 11.5. The third-order valence-corrected chi connectivity index (χ3v) is 7.84. The van der Waals surface area contributed by atoms with Crippen LogP contribution in [0.2, 0.25) is 25.7 Å². The largest absolute Gasteiger partial charge is 0.469 e. The van der Waals surface area contributed by atoms with Crippen LogP contribution in [0.1, 0.15) is 27.7 Å². The molecule has 0 aromatic carbocycles. The van der Waals surface area contributed by atoms with Gasteiger partial charge in [-0.05, 0) is 39.8 Å². The molecule has 39 heavy (non-hydrogen) atoms. The average molecular weight is 562 g/mol. The van der Waals surface area contributed by atoms with Gasteiger partial charge in [-0.1, -0.05) is 19.6 Å². The first kappa shape index (κ1) is 28.8. The smallest absolute Gasteiger partial charge is 0.410 e. The number of anilines is 2. The standard InChI is InChI=1S/C26H40FN7O4Si/c1-8-34-14-18(13-28-34)29-24-30-22-19(9-10-32(22)17-36-11-12-39(5,6)7)23(31-24)37-21-16-33(15-20(21)27)25(35)38-26(2,3)4/h9-10,13-14,20-21H,8,11-12,15-17H2,1-7H3,(H,29,30,31)/t20-,21+/m1/s1. The van der Waals surface area contributed by atoms with Gasteiger partial charge in [0.15, 0.2) is 17.9 Å². The molecule has 0 aliphatic carbocycles. The molecule has 0 spiro atoms. The molecule has 4 rings (SSSR count). The minimum Gasteiger partial charge on any atom is -0.469 e. The molecule has 3 aromatic heterocycles. The topological polar surface area (TPSA) is 109 Å². The van der Waals surface area contributed by atoms with Gasteiger partial charge in [0.05, 0.1) is 30.4 Å². The third-order valence-electron chi connectivity index (χ3n) is 6.14. The molecule has 1 fully saturated rings. The second-order valence-corrected chi connectivity index (χ2v) is 17.6. The van der Waals surface area contributed by atoms with Gasteiger partial charge in [0.1, 0.15) is 12.3 Å². The zero-order chi connectivity index (χ0) is 28.4. The molecule has 13 heteroatoms. The molecule has 1 amide bonds. The molecule has 1 N–H and O–H groups in total. The highest BCUT2D eigenvalue weighted by atomic mass is 28.3. The molecule has 214 valence electrons. The van der Waals surface area contributed by atoms with Crippen LogP contribution in [0.4, 0.5) is 20.8 Å². The molecule has 1 aliphatic heterocycles. The molecule has 1 saturated heterocycles. The van der Waals surface area contributed by atoms with E-state index in [0.29, 0.717) is 30.1 Å². The van der Waals surface area contributed by atoms with E-state index in [9.17, 15) is 4.79 Å². The molecule has 11 nitrogen and oxygen atoms in total. The number of halogens is 1. The number of hydrogen-bond donors (Lipinski definition) is 1. The maximum Gasteiger partial charge on any atom is 0.410 e. The Labute approximate surface area is 229 Å². The van der Waals surface area contributed by atoms with Crippen molar-refractivity contribution in [2.45, 2.75) is 84.5 Å². The van der Waals surface area contributed by atoms with E-state index in [1.54, 1.807) is 31.6 Å². The van der Waals surface area contributed by atoms with Gasteiger partial charge >= 0.3 is 6.09 Å². The maximum atomic E-state index is 15.0. The number of carbonyl (C=O) groups excluding carboxylic acids is 1. The lowest BCUT2D eigenvalue weighted by molar-refractivity contribution is 0.0273. The zero-order valence-electron chi connectivity index (χ0n) is 23.9. The number of amides is 1. The first-order valence-electron chi connectivity index (χ1n) is 13.3. The van der Waals surface area contributed by atoms with Crippen molar-refractivity contribution >= 4 is 36.8 Å². The fourth-order valence-electron chi connectivity index (χ4n) is 4.02. The van der Waals surface area contributed by atoms with Crippen LogP contribution in [0.25, 0.3) is 11.0 Å². The summed E-state index contributed by atoms with van der Waals surface area (Å²) in [7, 11) is -1.22. The number of rotatable bonds is 10. The molecule has 1 aliphatic rings.